The second-order valence-corrected chi connectivity index (χ2v) is 7.97. The summed E-state index contributed by atoms with van der Waals surface area (Å²) in [5, 5.41) is 0.636. The third-order valence-corrected chi connectivity index (χ3v) is 5.84. The summed E-state index contributed by atoms with van der Waals surface area (Å²) in [5.41, 5.74) is 3.37. The summed E-state index contributed by atoms with van der Waals surface area (Å²) in [5.74, 6) is -0.562. The quantitative estimate of drug-likeness (QED) is 0.510. The number of aromatic nitrogens is 2. The van der Waals surface area contributed by atoms with Crippen LogP contribution in [0.4, 0.5) is 4.39 Å². The first-order valence-electron chi connectivity index (χ1n) is 10.1. The minimum atomic E-state index is -0.357. The summed E-state index contributed by atoms with van der Waals surface area (Å²) in [6.07, 6.45) is 1.39. The molecule has 3 aromatic rings. The van der Waals surface area contributed by atoms with E-state index in [1.807, 2.05) is 12.1 Å². The van der Waals surface area contributed by atoms with Crippen molar-refractivity contribution >= 4 is 17.5 Å². The van der Waals surface area contributed by atoms with Crippen LogP contribution in [0.2, 0.25) is 5.02 Å². The van der Waals surface area contributed by atoms with Crippen LogP contribution in [0.1, 0.15) is 47.4 Å². The van der Waals surface area contributed by atoms with E-state index in [4.69, 9.17) is 16.3 Å². The molecular formula is C24H23ClFN3O2. The van der Waals surface area contributed by atoms with Gasteiger partial charge in [0.2, 0.25) is 0 Å². The summed E-state index contributed by atoms with van der Waals surface area (Å²) >= 11 is 6.01. The zero-order valence-corrected chi connectivity index (χ0v) is 18.2. The highest BCUT2D eigenvalue weighted by Gasteiger charge is 2.36. The lowest BCUT2D eigenvalue weighted by molar-refractivity contribution is 0.0787. The van der Waals surface area contributed by atoms with Crippen LogP contribution in [0.15, 0.2) is 60.8 Å². The zero-order valence-electron chi connectivity index (χ0n) is 17.4. The van der Waals surface area contributed by atoms with Gasteiger partial charge in [-0.3, -0.25) is 9.36 Å². The number of hydrogen-bond acceptors (Lipinski definition) is 3. The molecule has 7 heteroatoms. The largest absolute Gasteiger partial charge is 0.468 e. The number of hydrogen-bond donors (Lipinski definition) is 0. The summed E-state index contributed by atoms with van der Waals surface area (Å²) in [6.45, 7) is 6.62. The minimum Gasteiger partial charge on any atom is -0.468 e. The number of carbonyl (C=O) groups is 1. The number of nitrogens with zero attached hydrogens (tertiary/aromatic N) is 3. The van der Waals surface area contributed by atoms with Crippen LogP contribution in [0.5, 0.6) is 6.01 Å². The molecule has 1 aliphatic heterocycles. The van der Waals surface area contributed by atoms with Crippen LogP contribution < -0.4 is 4.74 Å². The van der Waals surface area contributed by atoms with Crippen LogP contribution in [-0.4, -0.2) is 27.5 Å². The SMILES string of the molecule is C=C1CC(CC)c2nc(OC)n(-c3ccc(F)cc3)c2C(=O)N1Cc1ccc(Cl)cc1. The number of methoxy groups -OCH3 is 1. The first kappa shape index (κ1) is 21.1. The topological polar surface area (TPSA) is 47.4 Å². The Morgan fingerprint density at radius 2 is 1.87 bits per heavy atom. The number of carbonyl (C=O) groups excluding carboxylic acids is 1. The van der Waals surface area contributed by atoms with Gasteiger partial charge in [0.05, 0.1) is 25.0 Å². The molecular weight excluding hydrogens is 417 g/mol. The van der Waals surface area contributed by atoms with Crippen molar-refractivity contribution in [1.29, 1.82) is 0 Å². The Hall–Kier alpha value is -3.12. The Bertz CT molecular complexity index is 1120. The van der Waals surface area contributed by atoms with Crippen molar-refractivity contribution in [1.82, 2.24) is 14.5 Å². The molecule has 0 radical (unpaired) electrons. The number of benzene rings is 2. The van der Waals surface area contributed by atoms with Crippen LogP contribution in [0.3, 0.4) is 0 Å². The van der Waals surface area contributed by atoms with Gasteiger partial charge in [0.15, 0.2) is 0 Å². The highest BCUT2D eigenvalue weighted by Crippen LogP contribution is 2.38. The van der Waals surface area contributed by atoms with Gasteiger partial charge < -0.3 is 9.64 Å². The summed E-state index contributed by atoms with van der Waals surface area (Å²) in [7, 11) is 1.51. The normalized spacial score (nSPS) is 16.3. The van der Waals surface area contributed by atoms with Gasteiger partial charge in [-0.2, -0.15) is 4.98 Å². The van der Waals surface area contributed by atoms with Crippen molar-refractivity contribution in [2.45, 2.75) is 32.2 Å². The number of imidazole rings is 1. The molecule has 1 amide bonds. The van der Waals surface area contributed by atoms with E-state index in [0.717, 1.165) is 17.7 Å². The van der Waals surface area contributed by atoms with Crippen molar-refractivity contribution < 1.29 is 13.9 Å². The van der Waals surface area contributed by atoms with Gasteiger partial charge in [-0.05, 0) is 54.8 Å². The van der Waals surface area contributed by atoms with Crippen LogP contribution in [0.25, 0.3) is 5.69 Å². The standard InChI is InChI=1S/C24H23ClFN3O2/c1-4-17-13-15(2)28(14-16-5-7-18(25)8-6-16)23(30)22-21(17)27-24(31-3)29(22)20-11-9-19(26)10-12-20/h5-12,17H,2,4,13-14H2,1,3H3. The molecule has 1 aromatic heterocycles. The fourth-order valence-corrected chi connectivity index (χ4v) is 4.06. The number of rotatable bonds is 5. The summed E-state index contributed by atoms with van der Waals surface area (Å²) < 4.78 is 20.7. The van der Waals surface area contributed by atoms with E-state index in [1.165, 1.54) is 19.2 Å². The molecule has 0 bridgehead atoms. The maximum absolute atomic E-state index is 13.8. The van der Waals surface area contributed by atoms with E-state index < -0.39 is 0 Å². The molecule has 0 saturated carbocycles. The molecule has 0 fully saturated rings. The maximum atomic E-state index is 13.8. The highest BCUT2D eigenvalue weighted by atomic mass is 35.5. The minimum absolute atomic E-state index is 0.0114. The predicted molar refractivity (Wildman–Crippen MR) is 118 cm³/mol. The molecule has 5 nitrogen and oxygen atoms in total. The molecule has 0 aliphatic carbocycles. The lowest BCUT2D eigenvalue weighted by Crippen LogP contribution is -2.30. The van der Waals surface area contributed by atoms with Gasteiger partial charge in [-0.1, -0.05) is 37.2 Å². The van der Waals surface area contributed by atoms with E-state index in [1.54, 1.807) is 33.7 Å². The van der Waals surface area contributed by atoms with Crippen LogP contribution in [-0.2, 0) is 6.54 Å². The average molecular weight is 440 g/mol. The molecule has 1 aliphatic rings. The van der Waals surface area contributed by atoms with Gasteiger partial charge in [0, 0.05) is 16.6 Å². The third-order valence-electron chi connectivity index (χ3n) is 5.59. The van der Waals surface area contributed by atoms with Crippen LogP contribution in [0, 0.1) is 5.82 Å². The number of ether oxygens (including phenoxy) is 1. The van der Waals surface area contributed by atoms with E-state index in [2.05, 4.69) is 18.5 Å². The fraction of sp³-hybridized carbons (Fsp3) is 0.250. The van der Waals surface area contributed by atoms with Crippen molar-refractivity contribution in [3.05, 3.63) is 88.6 Å². The first-order valence-corrected chi connectivity index (χ1v) is 10.5. The Morgan fingerprint density at radius 1 is 1.19 bits per heavy atom. The fourth-order valence-electron chi connectivity index (χ4n) is 3.93. The van der Waals surface area contributed by atoms with E-state index in [9.17, 15) is 9.18 Å². The number of halogens is 2. The van der Waals surface area contributed by atoms with E-state index in [-0.39, 0.29) is 17.6 Å². The second kappa shape index (κ2) is 8.55. The molecule has 2 aromatic carbocycles. The monoisotopic (exact) mass is 439 g/mol. The lowest BCUT2D eigenvalue weighted by Gasteiger charge is -2.24. The average Bonchev–Trinajstić information content (AvgIpc) is 3.12. The highest BCUT2D eigenvalue weighted by molar-refractivity contribution is 6.30. The van der Waals surface area contributed by atoms with Gasteiger partial charge in [-0.15, -0.1) is 0 Å². The number of amides is 1. The Kier molecular flexibility index (Phi) is 5.83. The van der Waals surface area contributed by atoms with Crippen LogP contribution >= 0.6 is 11.6 Å². The molecule has 1 unspecified atom stereocenters. The van der Waals surface area contributed by atoms with Crippen molar-refractivity contribution in [2.24, 2.45) is 0 Å². The second-order valence-electron chi connectivity index (χ2n) is 7.54. The zero-order chi connectivity index (χ0) is 22.1. The third kappa shape index (κ3) is 3.95. The number of fused-ring (bicyclic) bond motifs is 1. The molecule has 160 valence electrons. The van der Waals surface area contributed by atoms with Crippen molar-refractivity contribution in [3.63, 3.8) is 0 Å². The van der Waals surface area contributed by atoms with Gasteiger partial charge >= 0.3 is 6.01 Å². The molecule has 31 heavy (non-hydrogen) atoms. The maximum Gasteiger partial charge on any atom is 0.301 e. The summed E-state index contributed by atoms with van der Waals surface area (Å²) in [4.78, 5) is 20.2. The molecule has 4 rings (SSSR count). The van der Waals surface area contributed by atoms with Gasteiger partial charge in [-0.25, -0.2) is 4.39 Å². The van der Waals surface area contributed by atoms with E-state index >= 15 is 0 Å². The lowest BCUT2D eigenvalue weighted by atomic mass is 9.96. The first-order chi connectivity index (χ1) is 14.9. The Morgan fingerprint density at radius 3 is 2.48 bits per heavy atom. The smallest absolute Gasteiger partial charge is 0.301 e. The van der Waals surface area contributed by atoms with Crippen molar-refractivity contribution in [2.75, 3.05) is 7.11 Å². The molecule has 2 heterocycles. The molecule has 0 spiro atoms. The summed E-state index contributed by atoms with van der Waals surface area (Å²) in [6, 6.07) is 13.6. The predicted octanol–water partition coefficient (Wildman–Crippen LogP) is 5.73. The Balaban J connectivity index is 1.85. The number of allylic oxidation sites excluding steroid dienone is 1. The van der Waals surface area contributed by atoms with E-state index in [0.29, 0.717) is 41.1 Å². The van der Waals surface area contributed by atoms with Crippen molar-refractivity contribution in [3.8, 4) is 11.7 Å². The van der Waals surface area contributed by atoms with Gasteiger partial charge in [0.1, 0.15) is 11.5 Å². The molecule has 0 N–H and O–H groups in total. The van der Waals surface area contributed by atoms with Gasteiger partial charge in [0.25, 0.3) is 5.91 Å². The Labute approximate surface area is 185 Å². The molecule has 1 atom stereocenters. The molecule has 0 saturated heterocycles.